The highest BCUT2D eigenvalue weighted by Gasteiger charge is 2.45. The highest BCUT2D eigenvalue weighted by Crippen LogP contribution is 2.38. The molecule has 2 aromatic rings. The zero-order valence-corrected chi connectivity index (χ0v) is 16.2. The Morgan fingerprint density at radius 3 is 2.54 bits per heavy atom. The van der Waals surface area contributed by atoms with E-state index in [9.17, 15) is 14.7 Å². The number of aromatic carboxylic acids is 1. The van der Waals surface area contributed by atoms with E-state index in [1.165, 1.54) is 12.5 Å². The molecular formula is C19H25N5O4. The van der Waals surface area contributed by atoms with Crippen LogP contribution in [0.3, 0.4) is 0 Å². The molecule has 1 amide bonds. The van der Waals surface area contributed by atoms with Gasteiger partial charge in [-0.1, -0.05) is 0 Å². The molecule has 0 aromatic carbocycles. The Labute approximate surface area is 162 Å². The van der Waals surface area contributed by atoms with Crippen LogP contribution in [0, 0.1) is 0 Å². The van der Waals surface area contributed by atoms with E-state index in [-0.39, 0.29) is 29.8 Å². The summed E-state index contributed by atoms with van der Waals surface area (Å²) in [4.78, 5) is 37.3. The maximum Gasteiger partial charge on any atom is 0.410 e. The highest BCUT2D eigenvalue weighted by molar-refractivity contribution is 6.02. The molecule has 4 heterocycles. The molecule has 0 spiro atoms. The number of nitrogens with one attached hydrogen (secondary N) is 2. The van der Waals surface area contributed by atoms with Crippen LogP contribution in [0.15, 0.2) is 12.5 Å². The van der Waals surface area contributed by atoms with E-state index in [0.717, 1.165) is 25.7 Å². The van der Waals surface area contributed by atoms with Gasteiger partial charge in [-0.2, -0.15) is 0 Å². The molecule has 2 aliphatic rings. The molecule has 2 aliphatic heterocycles. The van der Waals surface area contributed by atoms with Gasteiger partial charge in [0.1, 0.15) is 16.7 Å². The molecule has 28 heavy (non-hydrogen) atoms. The molecule has 2 fully saturated rings. The first kappa shape index (κ1) is 18.5. The first-order valence-corrected chi connectivity index (χ1v) is 9.56. The Morgan fingerprint density at radius 1 is 1.25 bits per heavy atom. The summed E-state index contributed by atoms with van der Waals surface area (Å²) >= 11 is 0. The first-order chi connectivity index (χ1) is 13.2. The average Bonchev–Trinajstić information content (AvgIpc) is 3.16. The number of anilines is 1. The van der Waals surface area contributed by atoms with Gasteiger partial charge in [-0.25, -0.2) is 19.6 Å². The van der Waals surface area contributed by atoms with E-state index in [0.29, 0.717) is 16.9 Å². The summed E-state index contributed by atoms with van der Waals surface area (Å²) in [6, 6.07) is 0.250. The number of carboxylic acids is 1. The minimum absolute atomic E-state index is 0.0585. The average molecular weight is 387 g/mol. The third kappa shape index (κ3) is 3.36. The van der Waals surface area contributed by atoms with Crippen molar-refractivity contribution in [2.24, 2.45) is 0 Å². The van der Waals surface area contributed by atoms with Gasteiger partial charge in [-0.15, -0.1) is 0 Å². The summed E-state index contributed by atoms with van der Waals surface area (Å²) in [7, 11) is 0. The predicted octanol–water partition coefficient (Wildman–Crippen LogP) is 3.00. The lowest BCUT2D eigenvalue weighted by Crippen LogP contribution is -2.51. The van der Waals surface area contributed by atoms with E-state index >= 15 is 0 Å². The lowest BCUT2D eigenvalue weighted by Gasteiger charge is -2.40. The van der Waals surface area contributed by atoms with Gasteiger partial charge in [0.2, 0.25) is 0 Å². The summed E-state index contributed by atoms with van der Waals surface area (Å²) in [6.45, 7) is 5.61. The van der Waals surface area contributed by atoms with Crippen molar-refractivity contribution in [2.45, 2.75) is 70.2 Å². The van der Waals surface area contributed by atoms with Crippen molar-refractivity contribution in [3.63, 3.8) is 0 Å². The zero-order valence-electron chi connectivity index (χ0n) is 16.2. The molecule has 2 aromatic heterocycles. The van der Waals surface area contributed by atoms with Gasteiger partial charge in [-0.3, -0.25) is 0 Å². The van der Waals surface area contributed by atoms with Crippen molar-refractivity contribution in [3.05, 3.63) is 18.1 Å². The zero-order chi connectivity index (χ0) is 20.1. The monoisotopic (exact) mass is 387 g/mol. The molecule has 0 radical (unpaired) electrons. The summed E-state index contributed by atoms with van der Waals surface area (Å²) in [6.07, 6.45) is 5.93. The van der Waals surface area contributed by atoms with Crippen molar-refractivity contribution in [1.82, 2.24) is 19.9 Å². The van der Waals surface area contributed by atoms with Crippen molar-refractivity contribution < 1.29 is 19.4 Å². The normalized spacial score (nSPS) is 24.4. The van der Waals surface area contributed by atoms with E-state index in [2.05, 4.69) is 20.3 Å². The van der Waals surface area contributed by atoms with Gasteiger partial charge in [-0.05, 0) is 46.5 Å². The molecule has 9 heteroatoms. The molecule has 0 saturated carbocycles. The van der Waals surface area contributed by atoms with Crippen LogP contribution in [0.25, 0.3) is 11.2 Å². The van der Waals surface area contributed by atoms with Gasteiger partial charge in [0.15, 0.2) is 5.65 Å². The third-order valence-electron chi connectivity index (χ3n) is 5.37. The van der Waals surface area contributed by atoms with Crippen LogP contribution in [-0.4, -0.2) is 60.7 Å². The molecular weight excluding hydrogens is 362 g/mol. The number of imidazole rings is 1. The smallest absolute Gasteiger partial charge is 0.410 e. The number of rotatable bonds is 3. The Morgan fingerprint density at radius 2 is 1.93 bits per heavy atom. The number of nitrogens with zero attached hydrogens (tertiary/aromatic N) is 3. The Balaban J connectivity index is 1.54. The minimum Gasteiger partial charge on any atom is -0.478 e. The van der Waals surface area contributed by atoms with Crippen LogP contribution in [0.5, 0.6) is 0 Å². The number of H-pyrrole nitrogens is 1. The first-order valence-electron chi connectivity index (χ1n) is 9.56. The highest BCUT2D eigenvalue weighted by atomic mass is 16.6. The van der Waals surface area contributed by atoms with E-state index < -0.39 is 11.6 Å². The molecule has 150 valence electrons. The van der Waals surface area contributed by atoms with E-state index in [1.54, 1.807) is 0 Å². The number of pyridine rings is 1. The second-order valence-corrected chi connectivity index (χ2v) is 8.54. The van der Waals surface area contributed by atoms with Crippen LogP contribution in [0.4, 0.5) is 10.5 Å². The number of aromatic nitrogens is 3. The summed E-state index contributed by atoms with van der Waals surface area (Å²) < 4.78 is 5.58. The van der Waals surface area contributed by atoms with Crippen molar-refractivity contribution in [1.29, 1.82) is 0 Å². The summed E-state index contributed by atoms with van der Waals surface area (Å²) in [5.41, 5.74) is 1.15. The predicted molar refractivity (Wildman–Crippen MR) is 102 cm³/mol. The fourth-order valence-electron chi connectivity index (χ4n) is 4.32. The standard InChI is InChI=1S/C19H25N5O4/c1-19(2,3)28-18(27)24-11-4-5-12(24)7-10(6-11)23-14-13(17(25)26)8-20-16-15(14)21-9-22-16/h8-12H,4-7H2,1-3H3,(H,25,26)(H2,20,21,22,23)/t10?,11-,12+. The lowest BCUT2D eigenvalue weighted by atomic mass is 9.97. The van der Waals surface area contributed by atoms with Crippen LogP contribution < -0.4 is 5.32 Å². The quantitative estimate of drug-likeness (QED) is 0.740. The van der Waals surface area contributed by atoms with E-state index in [1.807, 2.05) is 25.7 Å². The van der Waals surface area contributed by atoms with Gasteiger partial charge in [0.05, 0.1) is 12.0 Å². The van der Waals surface area contributed by atoms with Gasteiger partial charge in [0.25, 0.3) is 0 Å². The second kappa shape index (κ2) is 6.65. The summed E-state index contributed by atoms with van der Waals surface area (Å²) in [5, 5.41) is 12.9. The Hall–Kier alpha value is -2.84. The molecule has 4 rings (SSSR count). The number of piperidine rings is 1. The number of carbonyl (C=O) groups is 2. The fraction of sp³-hybridized carbons (Fsp3) is 0.579. The lowest BCUT2D eigenvalue weighted by molar-refractivity contribution is 0.00683. The third-order valence-corrected chi connectivity index (χ3v) is 5.37. The number of fused-ring (bicyclic) bond motifs is 3. The molecule has 1 unspecified atom stereocenters. The molecule has 9 nitrogen and oxygen atoms in total. The van der Waals surface area contributed by atoms with Crippen LogP contribution >= 0.6 is 0 Å². The minimum atomic E-state index is -1.04. The molecule has 0 aliphatic carbocycles. The maximum atomic E-state index is 12.6. The SMILES string of the molecule is CC(C)(C)OC(=O)N1[C@@H]2CC[C@H]1CC(Nc1c(C(=O)O)cnc3nc[nH]c13)C2. The maximum absolute atomic E-state index is 12.6. The van der Waals surface area contributed by atoms with Crippen molar-refractivity contribution in [2.75, 3.05) is 5.32 Å². The number of hydrogen-bond donors (Lipinski definition) is 3. The Kier molecular flexibility index (Phi) is 4.40. The van der Waals surface area contributed by atoms with Crippen LogP contribution in [0.2, 0.25) is 0 Å². The van der Waals surface area contributed by atoms with Crippen molar-refractivity contribution in [3.8, 4) is 0 Å². The Bertz CT molecular complexity index is 905. The molecule has 2 saturated heterocycles. The number of amides is 1. The number of aromatic amines is 1. The number of carboxylic acid groups (broad SMARTS) is 1. The van der Waals surface area contributed by atoms with Gasteiger partial charge < -0.3 is 25.0 Å². The molecule has 2 bridgehead atoms. The fourth-order valence-corrected chi connectivity index (χ4v) is 4.32. The van der Waals surface area contributed by atoms with E-state index in [4.69, 9.17) is 4.74 Å². The molecule has 3 atom stereocenters. The number of carbonyl (C=O) groups excluding carboxylic acids is 1. The van der Waals surface area contributed by atoms with Gasteiger partial charge >= 0.3 is 12.1 Å². The molecule has 3 N–H and O–H groups in total. The van der Waals surface area contributed by atoms with Gasteiger partial charge in [0, 0.05) is 24.3 Å². The topological polar surface area (TPSA) is 120 Å². The van der Waals surface area contributed by atoms with Crippen LogP contribution in [0.1, 0.15) is 56.8 Å². The largest absolute Gasteiger partial charge is 0.478 e. The summed E-state index contributed by atoms with van der Waals surface area (Å²) in [5.74, 6) is -1.04. The second-order valence-electron chi connectivity index (χ2n) is 8.54. The number of ether oxygens (including phenoxy) is 1. The van der Waals surface area contributed by atoms with Crippen LogP contribution in [-0.2, 0) is 4.74 Å². The number of hydrogen-bond acceptors (Lipinski definition) is 6. The van der Waals surface area contributed by atoms with Crippen molar-refractivity contribution >= 4 is 28.9 Å².